The molecular formula is C53H40N2. The van der Waals surface area contributed by atoms with Gasteiger partial charge in [0.15, 0.2) is 0 Å². The lowest BCUT2D eigenvalue weighted by Gasteiger charge is -2.36. The Labute approximate surface area is 322 Å². The van der Waals surface area contributed by atoms with E-state index in [0.717, 1.165) is 11.3 Å². The van der Waals surface area contributed by atoms with E-state index in [0.29, 0.717) is 0 Å². The van der Waals surface area contributed by atoms with Gasteiger partial charge in [0, 0.05) is 33.6 Å². The van der Waals surface area contributed by atoms with Crippen molar-refractivity contribution in [2.75, 3.05) is 0 Å². The van der Waals surface area contributed by atoms with Crippen molar-refractivity contribution in [2.45, 2.75) is 37.5 Å². The Balaban J connectivity index is 0.915. The van der Waals surface area contributed by atoms with Gasteiger partial charge in [0.2, 0.25) is 0 Å². The van der Waals surface area contributed by atoms with E-state index in [1.54, 1.807) is 0 Å². The standard InChI is InChI=1S/C53H40N2/c1-7-31-53(32-8-1)48-34-41(38-17-15-36(16-18-38)37-19-21-40(22-20-37)50-12-6-9-33-54-50)25-29-44(48)45-30-26-42(35-49(45)53)39-23-27-43(28-24-39)55-51-13-4-2-10-46(51)47-11-3-5-14-52(47)55/h2-6,9-30,33-35H,1,7-8,31-32H2. The summed E-state index contributed by atoms with van der Waals surface area (Å²) in [7, 11) is 0. The molecule has 2 aromatic heterocycles. The van der Waals surface area contributed by atoms with Gasteiger partial charge in [-0.05, 0) is 117 Å². The molecule has 9 aromatic rings. The topological polar surface area (TPSA) is 17.8 Å². The fraction of sp³-hybridized carbons (Fsp3) is 0.113. The normalized spacial score (nSPS) is 14.3. The van der Waals surface area contributed by atoms with E-state index < -0.39 is 0 Å². The highest BCUT2D eigenvalue weighted by atomic mass is 15.0. The van der Waals surface area contributed by atoms with Gasteiger partial charge >= 0.3 is 0 Å². The van der Waals surface area contributed by atoms with E-state index >= 15 is 0 Å². The maximum absolute atomic E-state index is 4.51. The first-order valence-corrected chi connectivity index (χ1v) is 19.7. The van der Waals surface area contributed by atoms with E-state index in [1.165, 1.54) is 115 Å². The molecule has 0 bridgehead atoms. The van der Waals surface area contributed by atoms with Gasteiger partial charge in [-0.2, -0.15) is 0 Å². The second-order valence-corrected chi connectivity index (χ2v) is 15.4. The third-order valence-electron chi connectivity index (χ3n) is 12.5. The van der Waals surface area contributed by atoms with Crippen LogP contribution in [0, 0.1) is 0 Å². The molecule has 0 aliphatic heterocycles. The van der Waals surface area contributed by atoms with Crippen molar-refractivity contribution in [3.8, 4) is 61.5 Å². The molecule has 55 heavy (non-hydrogen) atoms. The molecule has 7 aromatic carbocycles. The molecule has 1 fully saturated rings. The average molecular weight is 705 g/mol. The Kier molecular flexibility index (Phi) is 7.45. The Morgan fingerprint density at radius 2 is 0.855 bits per heavy atom. The molecule has 0 atom stereocenters. The molecule has 2 aliphatic carbocycles. The number of hydrogen-bond donors (Lipinski definition) is 0. The molecule has 0 unspecified atom stereocenters. The molecule has 2 heteroatoms. The Morgan fingerprint density at radius 3 is 1.38 bits per heavy atom. The molecule has 0 amide bonds. The van der Waals surface area contributed by atoms with Crippen molar-refractivity contribution in [2.24, 2.45) is 0 Å². The molecular weight excluding hydrogens is 665 g/mol. The molecule has 0 radical (unpaired) electrons. The average Bonchev–Trinajstić information content (AvgIpc) is 3.73. The third-order valence-corrected chi connectivity index (χ3v) is 12.5. The van der Waals surface area contributed by atoms with Crippen molar-refractivity contribution in [3.63, 3.8) is 0 Å². The van der Waals surface area contributed by atoms with Gasteiger partial charge in [0.05, 0.1) is 16.7 Å². The molecule has 1 spiro atoms. The van der Waals surface area contributed by atoms with Gasteiger partial charge in [0.25, 0.3) is 0 Å². The first-order valence-electron chi connectivity index (χ1n) is 19.7. The second kappa shape index (κ2) is 12.8. The number of benzene rings is 7. The summed E-state index contributed by atoms with van der Waals surface area (Å²) < 4.78 is 2.40. The monoisotopic (exact) mass is 704 g/mol. The lowest BCUT2D eigenvalue weighted by atomic mass is 9.67. The summed E-state index contributed by atoms with van der Waals surface area (Å²) in [5, 5.41) is 2.59. The summed E-state index contributed by atoms with van der Waals surface area (Å²) in [4.78, 5) is 4.51. The molecule has 2 nitrogen and oxygen atoms in total. The Hall–Kier alpha value is -6.51. The minimum absolute atomic E-state index is 0.0626. The van der Waals surface area contributed by atoms with Gasteiger partial charge in [-0.15, -0.1) is 0 Å². The summed E-state index contributed by atoms with van der Waals surface area (Å²) in [6, 6.07) is 65.1. The van der Waals surface area contributed by atoms with Gasteiger partial charge in [0.1, 0.15) is 0 Å². The van der Waals surface area contributed by atoms with Crippen LogP contribution in [0.2, 0.25) is 0 Å². The summed E-state index contributed by atoms with van der Waals surface area (Å²) in [5.41, 5.74) is 19.3. The van der Waals surface area contributed by atoms with Crippen LogP contribution in [0.1, 0.15) is 43.2 Å². The zero-order valence-electron chi connectivity index (χ0n) is 30.8. The van der Waals surface area contributed by atoms with Crippen LogP contribution in [0.15, 0.2) is 182 Å². The lowest BCUT2D eigenvalue weighted by Crippen LogP contribution is -2.28. The number of aromatic nitrogens is 2. The first kappa shape index (κ1) is 32.0. The quantitative estimate of drug-likeness (QED) is 0.174. The van der Waals surface area contributed by atoms with Gasteiger partial charge in [-0.1, -0.05) is 147 Å². The van der Waals surface area contributed by atoms with E-state index in [-0.39, 0.29) is 5.41 Å². The maximum atomic E-state index is 4.51. The number of nitrogens with zero attached hydrogens (tertiary/aromatic N) is 2. The molecule has 2 heterocycles. The lowest BCUT2D eigenvalue weighted by molar-refractivity contribution is 0.353. The van der Waals surface area contributed by atoms with Crippen molar-refractivity contribution in [3.05, 3.63) is 193 Å². The Bertz CT molecular complexity index is 2800. The smallest absolute Gasteiger partial charge is 0.0701 e. The number of rotatable bonds is 5. The number of para-hydroxylation sites is 2. The fourth-order valence-corrected chi connectivity index (χ4v) is 9.77. The van der Waals surface area contributed by atoms with Crippen LogP contribution in [0.25, 0.3) is 83.3 Å². The molecule has 2 aliphatic rings. The van der Waals surface area contributed by atoms with Gasteiger partial charge in [-0.3, -0.25) is 4.98 Å². The molecule has 11 rings (SSSR count). The fourth-order valence-electron chi connectivity index (χ4n) is 9.77. The zero-order valence-corrected chi connectivity index (χ0v) is 30.8. The number of fused-ring (bicyclic) bond motifs is 8. The van der Waals surface area contributed by atoms with Crippen LogP contribution in [-0.2, 0) is 5.41 Å². The molecule has 262 valence electrons. The van der Waals surface area contributed by atoms with Crippen molar-refractivity contribution >= 4 is 21.8 Å². The maximum Gasteiger partial charge on any atom is 0.0701 e. The van der Waals surface area contributed by atoms with E-state index in [9.17, 15) is 0 Å². The van der Waals surface area contributed by atoms with Crippen molar-refractivity contribution < 1.29 is 0 Å². The van der Waals surface area contributed by atoms with E-state index in [4.69, 9.17) is 0 Å². The largest absolute Gasteiger partial charge is 0.309 e. The van der Waals surface area contributed by atoms with Gasteiger partial charge in [-0.25, -0.2) is 0 Å². The van der Waals surface area contributed by atoms with Gasteiger partial charge < -0.3 is 4.57 Å². The number of hydrogen-bond acceptors (Lipinski definition) is 1. The van der Waals surface area contributed by atoms with Crippen LogP contribution in [0.3, 0.4) is 0 Å². The summed E-state index contributed by atoms with van der Waals surface area (Å²) in [6.07, 6.45) is 8.13. The third kappa shape index (κ3) is 5.20. The Morgan fingerprint density at radius 1 is 0.400 bits per heavy atom. The second-order valence-electron chi connectivity index (χ2n) is 15.4. The van der Waals surface area contributed by atoms with Crippen LogP contribution < -0.4 is 0 Å². The highest BCUT2D eigenvalue weighted by Crippen LogP contribution is 2.57. The predicted molar refractivity (Wildman–Crippen MR) is 230 cm³/mol. The van der Waals surface area contributed by atoms with E-state index in [1.807, 2.05) is 18.3 Å². The van der Waals surface area contributed by atoms with Crippen LogP contribution in [-0.4, -0.2) is 9.55 Å². The summed E-state index contributed by atoms with van der Waals surface area (Å²) in [6.45, 7) is 0. The SMILES string of the molecule is c1ccc(-c2ccc(-c3ccc(-c4ccc5c(c4)C4(CCCCC4)c4cc(-c6ccc(-n7c8ccccc8c8ccccc87)cc6)ccc4-5)cc3)cc2)nc1. The van der Waals surface area contributed by atoms with Crippen LogP contribution in [0.5, 0.6) is 0 Å². The predicted octanol–water partition coefficient (Wildman–Crippen LogP) is 14.1. The minimum atomic E-state index is 0.0626. The molecule has 0 saturated heterocycles. The molecule has 0 N–H and O–H groups in total. The van der Waals surface area contributed by atoms with Crippen molar-refractivity contribution in [1.82, 2.24) is 9.55 Å². The zero-order chi connectivity index (χ0) is 36.3. The highest BCUT2D eigenvalue weighted by molar-refractivity contribution is 6.09. The van der Waals surface area contributed by atoms with Crippen LogP contribution in [0.4, 0.5) is 0 Å². The van der Waals surface area contributed by atoms with E-state index in [2.05, 4.69) is 173 Å². The van der Waals surface area contributed by atoms with Crippen molar-refractivity contribution in [1.29, 1.82) is 0 Å². The minimum Gasteiger partial charge on any atom is -0.309 e. The first-order chi connectivity index (χ1) is 27.2. The summed E-state index contributed by atoms with van der Waals surface area (Å²) in [5.74, 6) is 0. The summed E-state index contributed by atoms with van der Waals surface area (Å²) >= 11 is 0. The molecule has 1 saturated carbocycles. The van der Waals surface area contributed by atoms with Crippen LogP contribution >= 0.6 is 0 Å². The number of pyridine rings is 1. The highest BCUT2D eigenvalue weighted by Gasteiger charge is 2.44.